The van der Waals surface area contributed by atoms with Gasteiger partial charge in [-0.25, -0.2) is 9.97 Å². The van der Waals surface area contributed by atoms with Gasteiger partial charge >= 0.3 is 0 Å². The summed E-state index contributed by atoms with van der Waals surface area (Å²) in [6.07, 6.45) is 1.96. The Hall–Kier alpha value is -1.75. The van der Waals surface area contributed by atoms with E-state index in [0.717, 1.165) is 22.5 Å². The smallest absolute Gasteiger partial charge is 0.191 e. The molecule has 0 amide bonds. The van der Waals surface area contributed by atoms with Gasteiger partial charge in [-0.1, -0.05) is 23.9 Å². The number of hydrogen-bond acceptors (Lipinski definition) is 5. The molecule has 0 atom stereocenters. The molecule has 0 aliphatic heterocycles. The highest BCUT2D eigenvalue weighted by Gasteiger charge is 2.03. The lowest BCUT2D eigenvalue weighted by atomic mass is 10.2. The monoisotopic (exact) mass is 260 g/mol. The van der Waals surface area contributed by atoms with E-state index in [-0.39, 0.29) is 0 Å². The summed E-state index contributed by atoms with van der Waals surface area (Å²) >= 11 is 1.52. The summed E-state index contributed by atoms with van der Waals surface area (Å²) in [7, 11) is 1.85. The minimum atomic E-state index is 0.747. The van der Waals surface area contributed by atoms with Crippen molar-refractivity contribution in [1.29, 1.82) is 0 Å². The van der Waals surface area contributed by atoms with Crippen LogP contribution in [0.4, 0.5) is 17.3 Å². The lowest BCUT2D eigenvalue weighted by Gasteiger charge is -2.09. The normalized spacial score (nSPS) is 10.2. The molecule has 2 N–H and O–H groups in total. The van der Waals surface area contributed by atoms with Crippen molar-refractivity contribution in [3.8, 4) is 0 Å². The maximum absolute atomic E-state index is 4.43. The summed E-state index contributed by atoms with van der Waals surface area (Å²) < 4.78 is 0. The highest BCUT2D eigenvalue weighted by atomic mass is 32.2. The summed E-state index contributed by atoms with van der Waals surface area (Å²) in [4.78, 5) is 8.76. The van der Waals surface area contributed by atoms with Crippen molar-refractivity contribution in [2.45, 2.75) is 12.1 Å². The number of rotatable bonds is 4. The first-order chi connectivity index (χ1) is 8.71. The number of aryl methyl sites for hydroxylation is 1. The standard InChI is InChI=1S/C13H16N4S/c1-9-5-4-6-10(7-9)15-12-8-11(14-2)16-13(17-12)18-3/h4-8H,1-3H3,(H2,14,15,16,17). The van der Waals surface area contributed by atoms with E-state index in [0.29, 0.717) is 0 Å². The molecule has 0 radical (unpaired) electrons. The van der Waals surface area contributed by atoms with Gasteiger partial charge in [0, 0.05) is 18.8 Å². The predicted octanol–water partition coefficient (Wildman–Crippen LogP) is 3.29. The summed E-state index contributed by atoms with van der Waals surface area (Å²) in [6, 6.07) is 10.1. The van der Waals surface area contributed by atoms with Gasteiger partial charge in [-0.05, 0) is 30.9 Å². The van der Waals surface area contributed by atoms with Crippen LogP contribution in [0.15, 0.2) is 35.5 Å². The molecule has 1 heterocycles. The number of hydrogen-bond donors (Lipinski definition) is 2. The van der Waals surface area contributed by atoms with Crippen LogP contribution in [0, 0.1) is 6.92 Å². The number of nitrogens with zero attached hydrogens (tertiary/aromatic N) is 2. The second kappa shape index (κ2) is 5.73. The Morgan fingerprint density at radius 2 is 1.89 bits per heavy atom. The maximum atomic E-state index is 4.43. The molecule has 0 saturated heterocycles. The molecule has 0 bridgehead atoms. The zero-order valence-electron chi connectivity index (χ0n) is 10.7. The SMILES string of the molecule is CNc1cc(Nc2cccc(C)c2)nc(SC)n1. The molecule has 2 rings (SSSR count). The zero-order chi connectivity index (χ0) is 13.0. The molecule has 0 aliphatic carbocycles. The Kier molecular flexibility index (Phi) is 4.04. The number of benzene rings is 1. The van der Waals surface area contributed by atoms with E-state index >= 15 is 0 Å². The number of nitrogens with one attached hydrogen (secondary N) is 2. The molecule has 0 fully saturated rings. The van der Waals surface area contributed by atoms with Crippen molar-refractivity contribution in [2.24, 2.45) is 0 Å². The van der Waals surface area contributed by atoms with Gasteiger partial charge in [-0.15, -0.1) is 0 Å². The van der Waals surface area contributed by atoms with Gasteiger partial charge in [0.05, 0.1) is 0 Å². The average Bonchev–Trinajstić information content (AvgIpc) is 2.38. The lowest BCUT2D eigenvalue weighted by Crippen LogP contribution is -2.00. The molecule has 0 unspecified atom stereocenters. The molecular weight excluding hydrogens is 244 g/mol. The first-order valence-corrected chi connectivity index (χ1v) is 6.88. The van der Waals surface area contributed by atoms with Crippen LogP contribution in [0.25, 0.3) is 0 Å². The van der Waals surface area contributed by atoms with Gasteiger partial charge in [0.1, 0.15) is 11.6 Å². The molecule has 0 saturated carbocycles. The molecule has 18 heavy (non-hydrogen) atoms. The van der Waals surface area contributed by atoms with Crippen molar-refractivity contribution < 1.29 is 0 Å². The Morgan fingerprint density at radius 1 is 1.11 bits per heavy atom. The number of thioether (sulfide) groups is 1. The molecule has 2 aromatic rings. The van der Waals surface area contributed by atoms with Crippen molar-refractivity contribution in [2.75, 3.05) is 23.9 Å². The van der Waals surface area contributed by atoms with E-state index in [1.54, 1.807) is 0 Å². The van der Waals surface area contributed by atoms with Crippen LogP contribution in [0.3, 0.4) is 0 Å². The fraction of sp³-hybridized carbons (Fsp3) is 0.231. The Labute approximate surface area is 111 Å². The number of anilines is 3. The van der Waals surface area contributed by atoms with Gasteiger partial charge in [-0.2, -0.15) is 0 Å². The van der Waals surface area contributed by atoms with E-state index in [2.05, 4.69) is 39.7 Å². The van der Waals surface area contributed by atoms with Crippen molar-refractivity contribution in [3.05, 3.63) is 35.9 Å². The van der Waals surface area contributed by atoms with E-state index in [1.165, 1.54) is 17.3 Å². The van der Waals surface area contributed by atoms with Gasteiger partial charge in [0.15, 0.2) is 5.16 Å². The zero-order valence-corrected chi connectivity index (χ0v) is 11.5. The third kappa shape index (κ3) is 3.13. The van der Waals surface area contributed by atoms with Gasteiger partial charge in [0.2, 0.25) is 0 Å². The number of aromatic nitrogens is 2. The highest BCUT2D eigenvalue weighted by Crippen LogP contribution is 2.21. The molecular formula is C13H16N4S. The van der Waals surface area contributed by atoms with E-state index < -0.39 is 0 Å². The van der Waals surface area contributed by atoms with Crippen LogP contribution in [-0.4, -0.2) is 23.3 Å². The van der Waals surface area contributed by atoms with Crippen molar-refractivity contribution in [3.63, 3.8) is 0 Å². The van der Waals surface area contributed by atoms with Crippen molar-refractivity contribution in [1.82, 2.24) is 9.97 Å². The summed E-state index contributed by atoms with van der Waals surface area (Å²) in [5.41, 5.74) is 2.25. The minimum Gasteiger partial charge on any atom is -0.373 e. The topological polar surface area (TPSA) is 49.8 Å². The first kappa shape index (κ1) is 12.7. The lowest BCUT2D eigenvalue weighted by molar-refractivity contribution is 0.977. The van der Waals surface area contributed by atoms with Crippen LogP contribution in [0.1, 0.15) is 5.56 Å². The minimum absolute atomic E-state index is 0.747. The second-order valence-electron chi connectivity index (χ2n) is 3.87. The third-order valence-electron chi connectivity index (χ3n) is 2.43. The van der Waals surface area contributed by atoms with Gasteiger partial charge in [-0.3, -0.25) is 0 Å². The average molecular weight is 260 g/mol. The molecule has 0 spiro atoms. The fourth-order valence-electron chi connectivity index (χ4n) is 1.58. The summed E-state index contributed by atoms with van der Waals surface area (Å²) in [5, 5.41) is 7.07. The van der Waals surface area contributed by atoms with Crippen LogP contribution in [-0.2, 0) is 0 Å². The Balaban J connectivity index is 2.28. The molecule has 4 nitrogen and oxygen atoms in total. The molecule has 94 valence electrons. The van der Waals surface area contributed by atoms with Gasteiger partial charge < -0.3 is 10.6 Å². The quantitative estimate of drug-likeness (QED) is 0.652. The van der Waals surface area contributed by atoms with E-state index in [9.17, 15) is 0 Å². The molecule has 1 aromatic heterocycles. The third-order valence-corrected chi connectivity index (χ3v) is 2.98. The Morgan fingerprint density at radius 3 is 2.56 bits per heavy atom. The Bertz CT molecular complexity index is 520. The highest BCUT2D eigenvalue weighted by molar-refractivity contribution is 7.98. The maximum Gasteiger partial charge on any atom is 0.191 e. The van der Waals surface area contributed by atoms with Gasteiger partial charge in [0.25, 0.3) is 0 Å². The van der Waals surface area contributed by atoms with E-state index in [1.807, 2.05) is 31.5 Å². The van der Waals surface area contributed by atoms with Crippen LogP contribution in [0.5, 0.6) is 0 Å². The molecule has 5 heteroatoms. The van der Waals surface area contributed by atoms with E-state index in [4.69, 9.17) is 0 Å². The fourth-order valence-corrected chi connectivity index (χ4v) is 1.96. The largest absolute Gasteiger partial charge is 0.373 e. The predicted molar refractivity (Wildman–Crippen MR) is 77.8 cm³/mol. The second-order valence-corrected chi connectivity index (χ2v) is 4.64. The summed E-state index contributed by atoms with van der Waals surface area (Å²) in [5.74, 6) is 1.61. The van der Waals surface area contributed by atoms with Crippen molar-refractivity contribution >= 4 is 29.1 Å². The summed E-state index contributed by atoms with van der Waals surface area (Å²) in [6.45, 7) is 2.07. The van der Waals surface area contributed by atoms with Crippen LogP contribution < -0.4 is 10.6 Å². The first-order valence-electron chi connectivity index (χ1n) is 5.66. The van der Waals surface area contributed by atoms with Crippen LogP contribution >= 0.6 is 11.8 Å². The molecule has 1 aromatic carbocycles. The van der Waals surface area contributed by atoms with Crippen LogP contribution in [0.2, 0.25) is 0 Å². The molecule has 0 aliphatic rings.